The molecule has 1 aliphatic carbocycles. The zero-order chi connectivity index (χ0) is 26.7. The third-order valence-electron chi connectivity index (χ3n) is 8.86. The molecule has 2 N–H and O–H groups in total. The van der Waals surface area contributed by atoms with Gasteiger partial charge in [-0.3, -0.25) is 9.59 Å². The molecule has 0 spiro atoms. The molecule has 3 aliphatic rings. The van der Waals surface area contributed by atoms with Gasteiger partial charge in [0.25, 0.3) is 5.91 Å². The fourth-order valence-corrected chi connectivity index (χ4v) is 6.18. The smallest absolute Gasteiger partial charge is 0.253 e. The Bertz CT molecular complexity index is 1140. The van der Waals surface area contributed by atoms with Gasteiger partial charge in [-0.15, -0.1) is 0 Å². The third kappa shape index (κ3) is 6.20. The van der Waals surface area contributed by atoms with Crippen molar-refractivity contribution >= 4 is 11.8 Å². The molecule has 2 saturated heterocycles. The molecule has 3 fully saturated rings. The fraction of sp³-hybridized carbons (Fsp3) is 0.548. The first kappa shape index (κ1) is 26.7. The average molecular weight is 522 g/mol. The van der Waals surface area contributed by atoms with E-state index < -0.39 is 0 Å². The predicted octanol–water partition coefficient (Wildman–Crippen LogP) is 5.11. The molecular formula is C31H40FN3O3. The van der Waals surface area contributed by atoms with Crippen molar-refractivity contribution in [1.82, 2.24) is 9.80 Å². The zero-order valence-electron chi connectivity index (χ0n) is 22.5. The molecule has 2 heterocycles. The quantitative estimate of drug-likeness (QED) is 0.524. The second-order valence-corrected chi connectivity index (χ2v) is 11.9. The number of rotatable bonds is 8. The SMILES string of the molecule is CC1(CN2CCC(COc3ccc(-c4ccc(C(=O)N5CCCC(C(N)=O)C5)cc4)cc3F)CC2)CCC1. The van der Waals surface area contributed by atoms with Crippen molar-refractivity contribution in [3.05, 3.63) is 53.8 Å². The number of hydrogen-bond donors (Lipinski definition) is 1. The number of likely N-dealkylation sites (tertiary alicyclic amines) is 2. The molecule has 2 amide bonds. The van der Waals surface area contributed by atoms with Crippen LogP contribution in [0.25, 0.3) is 11.1 Å². The van der Waals surface area contributed by atoms with Gasteiger partial charge in [0.15, 0.2) is 11.6 Å². The van der Waals surface area contributed by atoms with Crippen LogP contribution in [0, 0.1) is 23.1 Å². The molecule has 204 valence electrons. The molecule has 6 nitrogen and oxygen atoms in total. The van der Waals surface area contributed by atoms with Gasteiger partial charge in [-0.05, 0) is 98.3 Å². The maximum atomic E-state index is 14.9. The lowest BCUT2D eigenvalue weighted by atomic mass is 9.70. The average Bonchev–Trinajstić information content (AvgIpc) is 2.92. The van der Waals surface area contributed by atoms with E-state index in [4.69, 9.17) is 10.5 Å². The number of amides is 2. The number of nitrogens with zero attached hydrogens (tertiary/aromatic N) is 2. The van der Waals surface area contributed by atoms with Crippen LogP contribution in [-0.2, 0) is 4.79 Å². The molecule has 0 bridgehead atoms. The Hall–Kier alpha value is -2.93. The number of carbonyl (C=O) groups excluding carboxylic acids is 2. The van der Waals surface area contributed by atoms with Crippen LogP contribution >= 0.6 is 0 Å². The monoisotopic (exact) mass is 521 g/mol. The van der Waals surface area contributed by atoms with Gasteiger partial charge >= 0.3 is 0 Å². The van der Waals surface area contributed by atoms with E-state index in [-0.39, 0.29) is 23.5 Å². The topological polar surface area (TPSA) is 75.9 Å². The van der Waals surface area contributed by atoms with Gasteiger partial charge in [0.2, 0.25) is 5.91 Å². The summed E-state index contributed by atoms with van der Waals surface area (Å²) in [5, 5.41) is 0. The van der Waals surface area contributed by atoms with Crippen molar-refractivity contribution in [2.75, 3.05) is 39.3 Å². The van der Waals surface area contributed by atoms with Gasteiger partial charge in [-0.1, -0.05) is 31.5 Å². The highest BCUT2D eigenvalue weighted by molar-refractivity contribution is 5.95. The summed E-state index contributed by atoms with van der Waals surface area (Å²) in [6.07, 6.45) is 7.76. The minimum Gasteiger partial charge on any atom is -0.490 e. The normalized spacial score (nSPS) is 22.1. The Kier molecular flexibility index (Phi) is 8.03. The molecule has 2 aromatic carbocycles. The minimum atomic E-state index is -0.371. The Morgan fingerprint density at radius 1 is 1.00 bits per heavy atom. The van der Waals surface area contributed by atoms with E-state index >= 15 is 0 Å². The lowest BCUT2D eigenvalue weighted by Gasteiger charge is -2.44. The van der Waals surface area contributed by atoms with Crippen molar-refractivity contribution in [2.24, 2.45) is 23.0 Å². The van der Waals surface area contributed by atoms with Crippen molar-refractivity contribution in [1.29, 1.82) is 0 Å². The Balaban J connectivity index is 1.13. The van der Waals surface area contributed by atoms with Crippen LogP contribution < -0.4 is 10.5 Å². The number of nitrogens with two attached hydrogens (primary N) is 1. The highest BCUT2D eigenvalue weighted by Gasteiger charge is 2.34. The van der Waals surface area contributed by atoms with E-state index in [0.29, 0.717) is 42.3 Å². The Morgan fingerprint density at radius 3 is 2.34 bits per heavy atom. The third-order valence-corrected chi connectivity index (χ3v) is 8.86. The molecule has 5 rings (SSSR count). The summed E-state index contributed by atoms with van der Waals surface area (Å²) in [6.45, 7) is 7.35. The van der Waals surface area contributed by atoms with Crippen molar-refractivity contribution < 1.29 is 18.7 Å². The van der Waals surface area contributed by atoms with Gasteiger partial charge in [0, 0.05) is 25.2 Å². The molecule has 1 atom stereocenters. The highest BCUT2D eigenvalue weighted by atomic mass is 19.1. The molecular weight excluding hydrogens is 481 g/mol. The van der Waals surface area contributed by atoms with E-state index in [0.717, 1.165) is 49.9 Å². The molecule has 38 heavy (non-hydrogen) atoms. The first-order chi connectivity index (χ1) is 18.3. The number of primary amides is 1. The van der Waals surface area contributed by atoms with Crippen LogP contribution in [0.1, 0.15) is 62.2 Å². The predicted molar refractivity (Wildman–Crippen MR) is 146 cm³/mol. The highest BCUT2D eigenvalue weighted by Crippen LogP contribution is 2.41. The molecule has 0 aromatic heterocycles. The Labute approximate surface area is 225 Å². The van der Waals surface area contributed by atoms with Crippen LogP contribution in [-0.4, -0.2) is 60.9 Å². The van der Waals surface area contributed by atoms with E-state index in [1.165, 1.54) is 31.9 Å². The summed E-state index contributed by atoms with van der Waals surface area (Å²) in [5.41, 5.74) is 8.07. The minimum absolute atomic E-state index is 0.111. The molecule has 2 aromatic rings. The Morgan fingerprint density at radius 2 is 1.71 bits per heavy atom. The van der Waals surface area contributed by atoms with Gasteiger partial charge < -0.3 is 20.3 Å². The summed E-state index contributed by atoms with van der Waals surface area (Å²) >= 11 is 0. The summed E-state index contributed by atoms with van der Waals surface area (Å²) in [4.78, 5) is 28.7. The van der Waals surface area contributed by atoms with Crippen molar-refractivity contribution in [2.45, 2.75) is 51.9 Å². The van der Waals surface area contributed by atoms with Crippen molar-refractivity contribution in [3.63, 3.8) is 0 Å². The molecule has 0 radical (unpaired) electrons. The van der Waals surface area contributed by atoms with Gasteiger partial charge in [0.05, 0.1) is 12.5 Å². The standard InChI is InChI=1S/C31H40FN3O3/c1-31(13-3-14-31)21-34-16-11-22(12-17-34)20-38-28-10-9-25(18-27(28)32)23-5-7-24(8-6-23)30(37)35-15-2-4-26(19-35)29(33)36/h5-10,18,22,26H,2-4,11-17,19-21H2,1H3,(H2,33,36). The largest absolute Gasteiger partial charge is 0.490 e. The number of benzene rings is 2. The molecule has 1 unspecified atom stereocenters. The van der Waals surface area contributed by atoms with Crippen LogP contribution in [0.3, 0.4) is 0 Å². The zero-order valence-corrected chi connectivity index (χ0v) is 22.5. The van der Waals surface area contributed by atoms with E-state index in [1.54, 1.807) is 23.1 Å². The summed E-state index contributed by atoms with van der Waals surface area (Å²) in [6, 6.07) is 12.2. The number of ether oxygens (including phenoxy) is 1. The van der Waals surface area contributed by atoms with Crippen LogP contribution in [0.5, 0.6) is 5.75 Å². The van der Waals surface area contributed by atoms with Crippen molar-refractivity contribution in [3.8, 4) is 16.9 Å². The lowest BCUT2D eigenvalue weighted by Crippen LogP contribution is -2.44. The maximum Gasteiger partial charge on any atom is 0.253 e. The number of piperidine rings is 2. The second kappa shape index (κ2) is 11.4. The number of hydrogen-bond acceptors (Lipinski definition) is 4. The number of carbonyl (C=O) groups is 2. The van der Waals surface area contributed by atoms with Crippen LogP contribution in [0.4, 0.5) is 4.39 Å². The lowest BCUT2D eigenvalue weighted by molar-refractivity contribution is -0.123. The summed E-state index contributed by atoms with van der Waals surface area (Å²) in [5.74, 6) is -0.374. The number of halogens is 1. The summed E-state index contributed by atoms with van der Waals surface area (Å²) in [7, 11) is 0. The van der Waals surface area contributed by atoms with Gasteiger partial charge in [-0.25, -0.2) is 4.39 Å². The van der Waals surface area contributed by atoms with E-state index in [2.05, 4.69) is 11.8 Å². The maximum absolute atomic E-state index is 14.9. The van der Waals surface area contributed by atoms with E-state index in [1.807, 2.05) is 18.2 Å². The van der Waals surface area contributed by atoms with Gasteiger partial charge in [-0.2, -0.15) is 0 Å². The molecule has 2 aliphatic heterocycles. The van der Waals surface area contributed by atoms with Crippen LogP contribution in [0.2, 0.25) is 0 Å². The van der Waals surface area contributed by atoms with Gasteiger partial charge in [0.1, 0.15) is 0 Å². The van der Waals surface area contributed by atoms with E-state index in [9.17, 15) is 14.0 Å². The molecule has 7 heteroatoms. The summed E-state index contributed by atoms with van der Waals surface area (Å²) < 4.78 is 20.8. The first-order valence-electron chi connectivity index (χ1n) is 14.1. The van der Waals surface area contributed by atoms with Crippen LogP contribution in [0.15, 0.2) is 42.5 Å². The first-order valence-corrected chi connectivity index (χ1v) is 14.1. The molecule has 1 saturated carbocycles. The second-order valence-electron chi connectivity index (χ2n) is 11.9. The fourth-order valence-electron chi connectivity index (χ4n) is 6.18.